The van der Waals surface area contributed by atoms with Crippen LogP contribution in [-0.4, -0.2) is 55.9 Å². The van der Waals surface area contributed by atoms with Crippen LogP contribution in [0, 0.1) is 5.92 Å². The third kappa shape index (κ3) is 4.85. The maximum absolute atomic E-state index is 12.3. The fourth-order valence-corrected chi connectivity index (χ4v) is 3.11. The summed E-state index contributed by atoms with van der Waals surface area (Å²) in [4.78, 5) is 13.3. The zero-order chi connectivity index (χ0) is 15.5. The summed E-state index contributed by atoms with van der Waals surface area (Å²) in [5, 5.41) is 2.84. The average molecular weight is 308 g/mol. The summed E-state index contributed by atoms with van der Waals surface area (Å²) < 4.78 is 42.3. The Bertz CT molecular complexity index is 364. The molecule has 1 saturated heterocycles. The normalized spacial score (nSPS) is 25.6. The molecule has 1 aliphatic carbocycles. The molecule has 4 nitrogen and oxygen atoms in total. The van der Waals surface area contributed by atoms with Crippen molar-refractivity contribution in [3.05, 3.63) is 0 Å². The summed E-state index contributed by atoms with van der Waals surface area (Å²) in [6.45, 7) is 0.439. The van der Waals surface area contributed by atoms with Crippen molar-refractivity contribution in [3.8, 4) is 0 Å². The van der Waals surface area contributed by atoms with Gasteiger partial charge >= 0.3 is 6.18 Å². The third-order valence-corrected chi connectivity index (χ3v) is 4.54. The molecule has 21 heavy (non-hydrogen) atoms. The monoisotopic (exact) mass is 308 g/mol. The number of carbonyl (C=O) groups excluding carboxylic acids is 1. The average Bonchev–Trinajstić information content (AvgIpc) is 2.76. The van der Waals surface area contributed by atoms with Crippen molar-refractivity contribution in [3.63, 3.8) is 0 Å². The van der Waals surface area contributed by atoms with Crippen LogP contribution in [0.5, 0.6) is 0 Å². The predicted molar refractivity (Wildman–Crippen MR) is 71.8 cm³/mol. The van der Waals surface area contributed by atoms with E-state index in [2.05, 4.69) is 5.32 Å². The van der Waals surface area contributed by atoms with Crippen LogP contribution in [0.3, 0.4) is 0 Å². The maximum Gasteiger partial charge on any atom is 0.401 e. The number of methoxy groups -OCH3 is 1. The molecule has 0 bridgehead atoms. The van der Waals surface area contributed by atoms with Gasteiger partial charge in [-0.1, -0.05) is 0 Å². The van der Waals surface area contributed by atoms with E-state index >= 15 is 0 Å². The second kappa shape index (κ2) is 6.52. The molecule has 0 aromatic rings. The van der Waals surface area contributed by atoms with E-state index in [4.69, 9.17) is 4.74 Å². The van der Waals surface area contributed by atoms with Gasteiger partial charge in [0.1, 0.15) is 0 Å². The minimum Gasteiger partial charge on any atom is -0.378 e. The van der Waals surface area contributed by atoms with E-state index in [1.54, 1.807) is 7.11 Å². The third-order valence-electron chi connectivity index (χ3n) is 4.54. The summed E-state index contributed by atoms with van der Waals surface area (Å²) in [5.74, 6) is 0.0435. The molecule has 2 rings (SSSR count). The molecule has 2 aliphatic rings. The van der Waals surface area contributed by atoms with Crippen LogP contribution in [0.1, 0.15) is 32.1 Å². The van der Waals surface area contributed by atoms with Gasteiger partial charge in [0.05, 0.1) is 18.6 Å². The number of hydrogen-bond acceptors (Lipinski definition) is 3. The van der Waals surface area contributed by atoms with E-state index in [1.807, 2.05) is 0 Å². The van der Waals surface area contributed by atoms with E-state index in [-0.39, 0.29) is 17.4 Å². The van der Waals surface area contributed by atoms with E-state index in [9.17, 15) is 18.0 Å². The zero-order valence-electron chi connectivity index (χ0n) is 12.3. The Kier molecular flexibility index (Phi) is 5.14. The fraction of sp³-hybridized carbons (Fsp3) is 0.929. The highest BCUT2D eigenvalue weighted by Crippen LogP contribution is 2.37. The number of nitrogens with zero attached hydrogens (tertiary/aromatic N) is 1. The Morgan fingerprint density at radius 2 is 2.14 bits per heavy atom. The summed E-state index contributed by atoms with van der Waals surface area (Å²) in [5.41, 5.74) is -0.303. The van der Waals surface area contributed by atoms with Gasteiger partial charge < -0.3 is 10.1 Å². The second-order valence-electron chi connectivity index (χ2n) is 6.23. The van der Waals surface area contributed by atoms with Gasteiger partial charge in [-0.25, -0.2) is 0 Å². The summed E-state index contributed by atoms with van der Waals surface area (Å²) in [7, 11) is 1.62. The number of halogens is 3. The number of carbonyl (C=O) groups is 1. The van der Waals surface area contributed by atoms with Gasteiger partial charge in [0.2, 0.25) is 5.91 Å². The van der Waals surface area contributed by atoms with Gasteiger partial charge in [0.15, 0.2) is 0 Å². The first-order chi connectivity index (χ1) is 9.82. The number of nitrogens with one attached hydrogen (secondary N) is 1. The molecule has 7 heteroatoms. The first-order valence-corrected chi connectivity index (χ1v) is 7.43. The topological polar surface area (TPSA) is 41.6 Å². The lowest BCUT2D eigenvalue weighted by Crippen LogP contribution is -2.44. The highest BCUT2D eigenvalue weighted by atomic mass is 19.4. The van der Waals surface area contributed by atoms with Crippen molar-refractivity contribution in [1.29, 1.82) is 0 Å². The smallest absolute Gasteiger partial charge is 0.378 e. The molecular formula is C14H23F3N2O2. The molecule has 0 aromatic heterocycles. The molecule has 0 unspecified atom stereocenters. The van der Waals surface area contributed by atoms with Crippen LogP contribution in [0.25, 0.3) is 0 Å². The minimum atomic E-state index is -4.15. The summed E-state index contributed by atoms with van der Waals surface area (Å²) >= 11 is 0. The minimum absolute atomic E-state index is 0.0641. The number of rotatable bonds is 6. The number of likely N-dealkylation sites (tertiary alicyclic amines) is 1. The molecule has 1 N–H and O–H groups in total. The lowest BCUT2D eigenvalue weighted by Gasteiger charge is -2.40. The maximum atomic E-state index is 12.3. The van der Waals surface area contributed by atoms with Gasteiger partial charge in [0.25, 0.3) is 0 Å². The molecule has 122 valence electrons. The standard InChI is InChI=1S/C14H23F3N2O2/c1-21-13(4-2-5-13)7-12(20)18-8-11-3-6-19(9-11)10-14(15,16)17/h11H,2-10H2,1H3,(H,18,20)/t11-/m1/s1. The highest BCUT2D eigenvalue weighted by molar-refractivity contribution is 5.77. The van der Waals surface area contributed by atoms with Crippen LogP contribution in [0.15, 0.2) is 0 Å². The van der Waals surface area contributed by atoms with Gasteiger partial charge in [-0.15, -0.1) is 0 Å². The van der Waals surface area contributed by atoms with Gasteiger partial charge in [0, 0.05) is 20.2 Å². The largest absolute Gasteiger partial charge is 0.401 e. The van der Waals surface area contributed by atoms with Gasteiger partial charge in [-0.05, 0) is 38.1 Å². The first kappa shape index (κ1) is 16.5. The van der Waals surface area contributed by atoms with Crippen LogP contribution in [0.2, 0.25) is 0 Å². The molecule has 0 radical (unpaired) electrons. The van der Waals surface area contributed by atoms with Crippen LogP contribution in [0.4, 0.5) is 13.2 Å². The molecular weight excluding hydrogens is 285 g/mol. The molecule has 1 aliphatic heterocycles. The van der Waals surface area contributed by atoms with Crippen molar-refractivity contribution < 1.29 is 22.7 Å². The molecule has 1 heterocycles. The van der Waals surface area contributed by atoms with Crippen molar-refractivity contribution >= 4 is 5.91 Å². The van der Waals surface area contributed by atoms with E-state index < -0.39 is 12.7 Å². The van der Waals surface area contributed by atoms with E-state index in [0.717, 1.165) is 19.3 Å². The Labute approximate surface area is 123 Å². The zero-order valence-corrected chi connectivity index (χ0v) is 12.3. The Balaban J connectivity index is 1.66. The van der Waals surface area contributed by atoms with Gasteiger partial charge in [-0.2, -0.15) is 13.2 Å². The molecule has 1 amide bonds. The van der Waals surface area contributed by atoms with E-state index in [1.165, 1.54) is 4.90 Å². The number of alkyl halides is 3. The molecule has 0 spiro atoms. The molecule has 1 atom stereocenters. The highest BCUT2D eigenvalue weighted by Gasteiger charge is 2.39. The quantitative estimate of drug-likeness (QED) is 0.815. The second-order valence-corrected chi connectivity index (χ2v) is 6.23. The lowest BCUT2D eigenvalue weighted by atomic mass is 9.77. The number of ether oxygens (including phenoxy) is 1. The predicted octanol–water partition coefficient (Wildman–Crippen LogP) is 1.95. The summed E-state index contributed by atoms with van der Waals surface area (Å²) in [6, 6.07) is 0. The van der Waals surface area contributed by atoms with Crippen molar-refractivity contribution in [1.82, 2.24) is 10.2 Å². The number of hydrogen-bond donors (Lipinski definition) is 1. The summed E-state index contributed by atoms with van der Waals surface area (Å²) in [6.07, 6.45) is -0.211. The van der Waals surface area contributed by atoms with Crippen molar-refractivity contribution in [2.24, 2.45) is 5.92 Å². The van der Waals surface area contributed by atoms with Gasteiger partial charge in [-0.3, -0.25) is 9.69 Å². The Morgan fingerprint density at radius 3 is 2.67 bits per heavy atom. The van der Waals surface area contributed by atoms with Crippen LogP contribution < -0.4 is 5.32 Å². The fourth-order valence-electron chi connectivity index (χ4n) is 3.11. The van der Waals surface area contributed by atoms with Crippen molar-refractivity contribution in [2.45, 2.75) is 43.9 Å². The van der Waals surface area contributed by atoms with Crippen LogP contribution in [-0.2, 0) is 9.53 Å². The Hall–Kier alpha value is -0.820. The first-order valence-electron chi connectivity index (χ1n) is 7.43. The molecule has 2 fully saturated rings. The molecule has 0 aromatic carbocycles. The lowest BCUT2D eigenvalue weighted by molar-refractivity contribution is -0.144. The SMILES string of the molecule is COC1(CC(=O)NC[C@H]2CCN(CC(F)(F)F)C2)CCC1. The van der Waals surface area contributed by atoms with E-state index in [0.29, 0.717) is 32.5 Å². The molecule has 1 saturated carbocycles. The van der Waals surface area contributed by atoms with Crippen LogP contribution >= 0.6 is 0 Å². The Morgan fingerprint density at radius 1 is 1.43 bits per heavy atom. The van der Waals surface area contributed by atoms with Crippen molar-refractivity contribution in [2.75, 3.05) is 33.3 Å². The number of amides is 1.